The Hall–Kier alpha value is -5.72. The lowest BCUT2D eigenvalue weighted by molar-refractivity contribution is -0.144. The summed E-state index contributed by atoms with van der Waals surface area (Å²) in [5.41, 5.74) is 11.9. The highest BCUT2D eigenvalue weighted by Crippen LogP contribution is 2.34. The van der Waals surface area contributed by atoms with E-state index in [1.54, 1.807) is 13.1 Å². The molecule has 12 heteroatoms. The number of hydrazine groups is 1. The van der Waals surface area contributed by atoms with E-state index in [4.69, 9.17) is 10.5 Å². The lowest BCUT2D eigenvalue weighted by atomic mass is 10.0. The number of carbonyl (C=O) groups excluding carboxylic acids is 4. The van der Waals surface area contributed by atoms with Gasteiger partial charge in [0.15, 0.2) is 0 Å². The van der Waals surface area contributed by atoms with Gasteiger partial charge in [0.05, 0.1) is 24.3 Å². The van der Waals surface area contributed by atoms with Gasteiger partial charge in [-0.25, -0.2) is 4.79 Å². The van der Waals surface area contributed by atoms with Gasteiger partial charge in [-0.1, -0.05) is 118 Å². The summed E-state index contributed by atoms with van der Waals surface area (Å²) in [5.74, 6) is -1.33. The van der Waals surface area contributed by atoms with Crippen molar-refractivity contribution in [2.75, 3.05) is 18.1 Å². The van der Waals surface area contributed by atoms with E-state index < -0.39 is 36.1 Å². The van der Waals surface area contributed by atoms with E-state index in [1.807, 2.05) is 129 Å². The first-order valence-corrected chi connectivity index (χ1v) is 19.2. The number of nitrogens with two attached hydrogens (primary N) is 1. The van der Waals surface area contributed by atoms with E-state index >= 15 is 0 Å². The smallest absolute Gasteiger partial charge is 0.408 e. The molecule has 56 heavy (non-hydrogen) atoms. The third kappa shape index (κ3) is 11.4. The molecule has 296 valence electrons. The third-order valence-electron chi connectivity index (χ3n) is 9.74. The summed E-state index contributed by atoms with van der Waals surface area (Å²) in [5, 5.41) is 16.6. The molecule has 4 atom stereocenters. The Morgan fingerprint density at radius 3 is 2.21 bits per heavy atom. The van der Waals surface area contributed by atoms with Crippen molar-refractivity contribution >= 4 is 40.3 Å². The number of carbonyl (C=O) groups is 4. The number of nitrogens with one attached hydrogen (secondary N) is 2. The average Bonchev–Trinajstić information content (AvgIpc) is 3.61. The van der Waals surface area contributed by atoms with Crippen LogP contribution in [0.2, 0.25) is 0 Å². The molecule has 0 aromatic heterocycles. The van der Waals surface area contributed by atoms with Crippen LogP contribution < -0.4 is 21.4 Å². The normalized spacial score (nSPS) is 14.8. The van der Waals surface area contributed by atoms with Crippen LogP contribution in [0, 0.1) is 5.92 Å². The Morgan fingerprint density at radius 2 is 1.52 bits per heavy atom. The molecule has 0 saturated heterocycles. The molecule has 4 amide bonds. The van der Waals surface area contributed by atoms with Crippen LogP contribution in [0.3, 0.4) is 0 Å². The van der Waals surface area contributed by atoms with Gasteiger partial charge >= 0.3 is 6.09 Å². The number of aliphatic hydroxyl groups excluding tert-OH is 1. The first-order chi connectivity index (χ1) is 26.9. The third-order valence-corrected chi connectivity index (χ3v) is 9.74. The molecular weight excluding hydrogens is 709 g/mol. The van der Waals surface area contributed by atoms with Gasteiger partial charge in [0, 0.05) is 36.2 Å². The molecule has 0 radical (unpaired) electrons. The van der Waals surface area contributed by atoms with E-state index in [1.165, 1.54) is 9.91 Å². The quantitative estimate of drug-likeness (QED) is 0.0988. The molecule has 12 nitrogen and oxygen atoms in total. The van der Waals surface area contributed by atoms with Crippen molar-refractivity contribution in [2.45, 2.75) is 84.1 Å². The molecule has 0 bridgehead atoms. The van der Waals surface area contributed by atoms with Crippen molar-refractivity contribution in [3.8, 4) is 0 Å². The van der Waals surface area contributed by atoms with Gasteiger partial charge in [0.25, 0.3) is 5.91 Å². The van der Waals surface area contributed by atoms with Crippen LogP contribution in [0.1, 0.15) is 70.4 Å². The summed E-state index contributed by atoms with van der Waals surface area (Å²) >= 11 is 0. The number of amides is 4. The second kappa shape index (κ2) is 19.7. The zero-order chi connectivity index (χ0) is 40.2. The molecule has 0 saturated carbocycles. The predicted octanol–water partition coefficient (Wildman–Crippen LogP) is 6.17. The highest BCUT2D eigenvalue weighted by Gasteiger charge is 2.35. The number of alkyl carbamates (subject to hydrolysis) is 1. The van der Waals surface area contributed by atoms with Crippen molar-refractivity contribution in [3.63, 3.8) is 0 Å². The number of nitrogens with zero attached hydrogens (tertiary/aromatic N) is 3. The fourth-order valence-corrected chi connectivity index (χ4v) is 6.66. The molecule has 1 aliphatic rings. The highest BCUT2D eigenvalue weighted by atomic mass is 16.5. The van der Waals surface area contributed by atoms with Crippen LogP contribution in [0.25, 0.3) is 10.8 Å². The number of aliphatic hydroxyl groups is 1. The van der Waals surface area contributed by atoms with Crippen molar-refractivity contribution in [2.24, 2.45) is 11.7 Å². The molecule has 0 aliphatic carbocycles. The maximum absolute atomic E-state index is 14.9. The molecule has 1 unspecified atom stereocenters. The van der Waals surface area contributed by atoms with Gasteiger partial charge in [0.1, 0.15) is 19.3 Å². The Kier molecular flexibility index (Phi) is 14.6. The average molecular weight is 763 g/mol. The minimum atomic E-state index is -1.26. The Morgan fingerprint density at radius 1 is 0.857 bits per heavy atom. The molecule has 5 N–H and O–H groups in total. The number of rotatable bonds is 16. The first kappa shape index (κ1) is 41.4. The zero-order valence-electron chi connectivity index (χ0n) is 32.6. The molecular formula is C44H54N6O6. The Labute approximate surface area is 329 Å². The minimum absolute atomic E-state index is 0.0329. The fourth-order valence-electron chi connectivity index (χ4n) is 6.66. The van der Waals surface area contributed by atoms with E-state index in [2.05, 4.69) is 10.7 Å². The van der Waals surface area contributed by atoms with E-state index in [9.17, 15) is 24.3 Å². The summed E-state index contributed by atoms with van der Waals surface area (Å²) in [7, 11) is 0. The van der Waals surface area contributed by atoms with Gasteiger partial charge in [-0.3, -0.25) is 29.7 Å². The largest absolute Gasteiger partial charge is 0.445 e. The molecule has 0 spiro atoms. The van der Waals surface area contributed by atoms with Gasteiger partial charge in [-0.05, 0) is 48.3 Å². The van der Waals surface area contributed by atoms with Crippen molar-refractivity contribution < 1.29 is 29.0 Å². The maximum Gasteiger partial charge on any atom is 0.408 e. The van der Waals surface area contributed by atoms with Gasteiger partial charge in [-0.15, -0.1) is 0 Å². The molecule has 1 heterocycles. The Bertz CT molecular complexity index is 1970. The number of fused-ring (bicyclic) bond motifs is 1. The van der Waals surface area contributed by atoms with E-state index in [0.29, 0.717) is 18.0 Å². The van der Waals surface area contributed by atoms with Crippen molar-refractivity contribution in [1.82, 2.24) is 20.7 Å². The predicted molar refractivity (Wildman–Crippen MR) is 217 cm³/mol. The summed E-state index contributed by atoms with van der Waals surface area (Å²) in [4.78, 5) is 58.6. The van der Waals surface area contributed by atoms with Gasteiger partial charge < -0.3 is 25.8 Å². The second-order valence-corrected chi connectivity index (χ2v) is 14.9. The van der Waals surface area contributed by atoms with Crippen LogP contribution in [0.15, 0.2) is 115 Å². The standard InChI is InChI=1S/C44H54N6O6/c1-30(2)22-23-37(51)25-41(52)47-50(26-31(3)34-16-9-6-10-17-34)43(54)39(46-44(55)56-28-33-14-7-5-8-15-33)24-36-27-48(42(53)32(4)45)29-49(36)40-21-13-19-35-18-11-12-20-38(35)40/h5-21,27,30-32,37,39,51H,22-26,28-29,45H2,1-4H3,(H,46,55)(H,47,52)/t31?,32-,37-,39-/m0/s1. The number of hydrogen-bond donors (Lipinski definition) is 4. The first-order valence-electron chi connectivity index (χ1n) is 19.2. The molecule has 5 rings (SSSR count). The van der Waals surface area contributed by atoms with E-state index in [-0.39, 0.29) is 44.5 Å². The molecule has 1 aliphatic heterocycles. The van der Waals surface area contributed by atoms with Gasteiger partial charge in [-0.2, -0.15) is 0 Å². The number of hydrogen-bond acceptors (Lipinski definition) is 8. The molecule has 4 aromatic rings. The molecule has 4 aromatic carbocycles. The zero-order valence-corrected chi connectivity index (χ0v) is 32.6. The second-order valence-electron chi connectivity index (χ2n) is 14.9. The van der Waals surface area contributed by atoms with Crippen LogP contribution in [0.4, 0.5) is 10.5 Å². The molecule has 0 fully saturated rings. The summed E-state index contributed by atoms with van der Waals surface area (Å²) in [6, 6.07) is 30.4. The number of ether oxygens (including phenoxy) is 1. The van der Waals surface area contributed by atoms with Crippen LogP contribution in [0.5, 0.6) is 0 Å². The van der Waals surface area contributed by atoms with Crippen LogP contribution in [-0.2, 0) is 25.7 Å². The minimum Gasteiger partial charge on any atom is -0.445 e. The van der Waals surface area contributed by atoms with Crippen LogP contribution >= 0.6 is 0 Å². The highest BCUT2D eigenvalue weighted by molar-refractivity contribution is 5.96. The van der Waals surface area contributed by atoms with E-state index in [0.717, 1.165) is 34.0 Å². The monoisotopic (exact) mass is 762 g/mol. The lowest BCUT2D eigenvalue weighted by Gasteiger charge is -2.32. The SMILES string of the molecule is CC(C)CC[C@H](O)CC(=O)NN(CC(C)c1ccccc1)C(=O)[C@H](CC1=CN(C(=O)[C@H](C)N)CN1c1cccc2ccccc12)NC(=O)OCc1ccccc1. The Balaban J connectivity index is 1.49. The summed E-state index contributed by atoms with van der Waals surface area (Å²) in [6.45, 7) is 7.80. The fraction of sp³-hybridized carbons (Fsp3) is 0.364. The maximum atomic E-state index is 14.9. The number of benzene rings is 4. The number of anilines is 1. The topological polar surface area (TPSA) is 158 Å². The lowest BCUT2D eigenvalue weighted by Crippen LogP contribution is -2.56. The van der Waals surface area contributed by atoms with Crippen molar-refractivity contribution in [3.05, 3.63) is 126 Å². The van der Waals surface area contributed by atoms with Gasteiger partial charge in [0.2, 0.25) is 11.8 Å². The van der Waals surface area contributed by atoms with Crippen LogP contribution in [-0.4, -0.2) is 70.2 Å². The van der Waals surface area contributed by atoms with Crippen molar-refractivity contribution in [1.29, 1.82) is 0 Å². The summed E-state index contributed by atoms with van der Waals surface area (Å²) < 4.78 is 5.59. The summed E-state index contributed by atoms with van der Waals surface area (Å²) in [6.07, 6.45) is 0.823.